The van der Waals surface area contributed by atoms with Gasteiger partial charge in [-0.1, -0.05) is 35.3 Å². The highest BCUT2D eigenvalue weighted by molar-refractivity contribution is 6.30. The second-order valence-electron chi connectivity index (χ2n) is 7.12. The molecule has 1 saturated heterocycles. The lowest BCUT2D eigenvalue weighted by Gasteiger charge is -2.28. The Morgan fingerprint density at radius 2 is 1.63 bits per heavy atom. The standard InChI is InChI=1S/C22H22Cl2N6/c23-17-6-8-18(9-7-17)26-21-14-20(24)27-22(28-21)29-25-15-16-4-10-19(11-5-16)30-12-2-1-3-13-30/h4-11,14H,1-3,12-13,15H2,(H,26,27,28). The van der Waals surface area contributed by atoms with Gasteiger partial charge in [-0.15, -0.1) is 5.11 Å². The maximum atomic E-state index is 6.11. The Hall–Kier alpha value is -2.70. The molecule has 30 heavy (non-hydrogen) atoms. The van der Waals surface area contributed by atoms with Crippen LogP contribution in [0.4, 0.5) is 23.1 Å². The molecule has 0 spiro atoms. The highest BCUT2D eigenvalue weighted by atomic mass is 35.5. The molecule has 8 heteroatoms. The summed E-state index contributed by atoms with van der Waals surface area (Å²) >= 11 is 12.0. The Morgan fingerprint density at radius 3 is 2.37 bits per heavy atom. The van der Waals surface area contributed by atoms with Crippen molar-refractivity contribution in [1.82, 2.24) is 9.97 Å². The summed E-state index contributed by atoms with van der Waals surface area (Å²) in [5, 5.41) is 12.5. The molecule has 0 radical (unpaired) electrons. The highest BCUT2D eigenvalue weighted by Gasteiger charge is 2.10. The molecule has 0 aliphatic carbocycles. The lowest BCUT2D eigenvalue weighted by molar-refractivity contribution is 0.578. The number of rotatable bonds is 6. The fourth-order valence-electron chi connectivity index (χ4n) is 3.34. The van der Waals surface area contributed by atoms with Crippen LogP contribution in [0.15, 0.2) is 64.8 Å². The average Bonchev–Trinajstić information content (AvgIpc) is 2.76. The maximum Gasteiger partial charge on any atom is 0.271 e. The number of piperidine rings is 1. The first-order valence-electron chi connectivity index (χ1n) is 9.94. The van der Waals surface area contributed by atoms with Crippen molar-refractivity contribution >= 4 is 46.3 Å². The summed E-state index contributed by atoms with van der Waals surface area (Å²) in [5.41, 5.74) is 3.19. The van der Waals surface area contributed by atoms with E-state index in [1.165, 1.54) is 24.9 Å². The Morgan fingerprint density at radius 1 is 0.900 bits per heavy atom. The van der Waals surface area contributed by atoms with Crippen LogP contribution in [0, 0.1) is 0 Å². The van der Waals surface area contributed by atoms with Crippen LogP contribution in [0.5, 0.6) is 0 Å². The minimum Gasteiger partial charge on any atom is -0.372 e. The molecule has 2 aromatic carbocycles. The fourth-order valence-corrected chi connectivity index (χ4v) is 3.64. The number of nitrogens with zero attached hydrogens (tertiary/aromatic N) is 5. The SMILES string of the molecule is Clc1ccc(Nc2cc(Cl)nc(N=NCc3ccc(N4CCCCC4)cc3)n2)cc1. The summed E-state index contributed by atoms with van der Waals surface area (Å²) in [4.78, 5) is 10.9. The lowest BCUT2D eigenvalue weighted by Crippen LogP contribution is -2.29. The van der Waals surface area contributed by atoms with Gasteiger partial charge in [0.05, 0.1) is 6.54 Å². The van der Waals surface area contributed by atoms with Crippen LogP contribution in [0.3, 0.4) is 0 Å². The number of azo groups is 1. The summed E-state index contributed by atoms with van der Waals surface area (Å²) < 4.78 is 0. The van der Waals surface area contributed by atoms with Crippen molar-refractivity contribution in [3.05, 3.63) is 70.3 Å². The van der Waals surface area contributed by atoms with Crippen LogP contribution in [0.25, 0.3) is 0 Å². The molecule has 1 aliphatic heterocycles. The minimum absolute atomic E-state index is 0.212. The van der Waals surface area contributed by atoms with Gasteiger partial charge in [0.1, 0.15) is 11.0 Å². The molecule has 1 aliphatic rings. The molecular formula is C22H22Cl2N6. The molecule has 4 rings (SSSR count). The normalized spacial score (nSPS) is 14.3. The second kappa shape index (κ2) is 9.87. The van der Waals surface area contributed by atoms with E-state index in [0.717, 1.165) is 24.3 Å². The molecule has 3 aromatic rings. The summed E-state index contributed by atoms with van der Waals surface area (Å²) in [5.74, 6) is 0.751. The van der Waals surface area contributed by atoms with Crippen LogP contribution in [0.1, 0.15) is 24.8 Å². The van der Waals surface area contributed by atoms with Crippen molar-refractivity contribution in [1.29, 1.82) is 0 Å². The number of halogens is 2. The van der Waals surface area contributed by atoms with Gasteiger partial charge in [-0.3, -0.25) is 0 Å². The van der Waals surface area contributed by atoms with Crippen LogP contribution >= 0.6 is 23.2 Å². The van der Waals surface area contributed by atoms with E-state index in [0.29, 0.717) is 22.5 Å². The first-order valence-corrected chi connectivity index (χ1v) is 10.7. The Kier molecular flexibility index (Phi) is 6.77. The largest absolute Gasteiger partial charge is 0.372 e. The first-order chi connectivity index (χ1) is 14.7. The van der Waals surface area contributed by atoms with Gasteiger partial charge in [-0.05, 0) is 61.2 Å². The van der Waals surface area contributed by atoms with Crippen LogP contribution in [-0.4, -0.2) is 23.1 Å². The van der Waals surface area contributed by atoms with Crippen molar-refractivity contribution in [2.45, 2.75) is 25.8 Å². The number of aromatic nitrogens is 2. The molecule has 154 valence electrons. The van der Waals surface area contributed by atoms with E-state index in [4.69, 9.17) is 23.2 Å². The monoisotopic (exact) mass is 440 g/mol. The lowest BCUT2D eigenvalue weighted by atomic mass is 10.1. The molecule has 0 atom stereocenters. The summed E-state index contributed by atoms with van der Waals surface area (Å²) in [6, 6.07) is 17.4. The minimum atomic E-state index is 0.212. The molecule has 0 unspecified atom stereocenters. The first kappa shape index (κ1) is 20.6. The Bertz CT molecular complexity index is 999. The van der Waals surface area contributed by atoms with E-state index >= 15 is 0 Å². The van der Waals surface area contributed by atoms with E-state index in [1.807, 2.05) is 12.1 Å². The smallest absolute Gasteiger partial charge is 0.271 e. The molecule has 0 bridgehead atoms. The molecule has 1 aromatic heterocycles. The zero-order valence-corrected chi connectivity index (χ0v) is 17.9. The van der Waals surface area contributed by atoms with Crippen molar-refractivity contribution in [2.75, 3.05) is 23.3 Å². The van der Waals surface area contributed by atoms with Crippen molar-refractivity contribution < 1.29 is 0 Å². The molecule has 0 amide bonds. The van der Waals surface area contributed by atoms with Crippen LogP contribution in [0.2, 0.25) is 10.2 Å². The van der Waals surface area contributed by atoms with Gasteiger partial charge in [0.25, 0.3) is 5.95 Å². The van der Waals surface area contributed by atoms with Crippen molar-refractivity contribution in [2.24, 2.45) is 10.2 Å². The summed E-state index contributed by atoms with van der Waals surface area (Å²) in [6.45, 7) is 2.73. The van der Waals surface area contributed by atoms with Gasteiger partial charge in [-0.2, -0.15) is 15.1 Å². The zero-order chi connectivity index (χ0) is 20.8. The summed E-state index contributed by atoms with van der Waals surface area (Å²) in [7, 11) is 0. The van der Waals surface area contributed by atoms with Gasteiger partial charge in [-0.25, -0.2) is 0 Å². The third kappa shape index (κ3) is 5.68. The van der Waals surface area contributed by atoms with Crippen LogP contribution < -0.4 is 10.2 Å². The van der Waals surface area contributed by atoms with Crippen molar-refractivity contribution in [3.63, 3.8) is 0 Å². The van der Waals surface area contributed by atoms with E-state index in [1.54, 1.807) is 18.2 Å². The molecule has 2 heterocycles. The van der Waals surface area contributed by atoms with E-state index in [2.05, 4.69) is 54.7 Å². The fraction of sp³-hybridized carbons (Fsp3) is 0.273. The number of anilines is 3. The number of hydrogen-bond acceptors (Lipinski definition) is 6. The highest BCUT2D eigenvalue weighted by Crippen LogP contribution is 2.23. The Labute approximate surface area is 186 Å². The topological polar surface area (TPSA) is 65.8 Å². The van der Waals surface area contributed by atoms with Gasteiger partial charge in [0, 0.05) is 35.6 Å². The van der Waals surface area contributed by atoms with E-state index in [9.17, 15) is 0 Å². The summed E-state index contributed by atoms with van der Waals surface area (Å²) in [6.07, 6.45) is 3.87. The van der Waals surface area contributed by atoms with E-state index in [-0.39, 0.29) is 5.95 Å². The third-order valence-electron chi connectivity index (χ3n) is 4.87. The maximum absolute atomic E-state index is 6.11. The van der Waals surface area contributed by atoms with Gasteiger partial charge >= 0.3 is 0 Å². The zero-order valence-electron chi connectivity index (χ0n) is 16.4. The molecule has 1 fully saturated rings. The van der Waals surface area contributed by atoms with Gasteiger partial charge in [0.2, 0.25) is 0 Å². The van der Waals surface area contributed by atoms with Gasteiger partial charge in [0.15, 0.2) is 0 Å². The molecule has 1 N–H and O–H groups in total. The average molecular weight is 441 g/mol. The van der Waals surface area contributed by atoms with Crippen LogP contribution in [-0.2, 0) is 6.54 Å². The Balaban J connectivity index is 1.38. The van der Waals surface area contributed by atoms with Gasteiger partial charge < -0.3 is 10.2 Å². The second-order valence-corrected chi connectivity index (χ2v) is 7.95. The molecule has 6 nitrogen and oxygen atoms in total. The van der Waals surface area contributed by atoms with E-state index < -0.39 is 0 Å². The number of benzene rings is 2. The molecule has 0 saturated carbocycles. The predicted molar refractivity (Wildman–Crippen MR) is 123 cm³/mol. The van der Waals surface area contributed by atoms with Crippen molar-refractivity contribution in [3.8, 4) is 0 Å². The third-order valence-corrected chi connectivity index (χ3v) is 5.32. The quantitative estimate of drug-likeness (QED) is 0.337. The number of nitrogens with one attached hydrogen (secondary N) is 1. The predicted octanol–water partition coefficient (Wildman–Crippen LogP) is 6.80. The molecular weight excluding hydrogens is 419 g/mol. The number of hydrogen-bond donors (Lipinski definition) is 1.